The number of nitrogens with one attached hydrogen (secondary N) is 1. The van der Waals surface area contributed by atoms with Gasteiger partial charge in [-0.15, -0.1) is 11.8 Å². The third-order valence-corrected chi connectivity index (χ3v) is 3.58. The number of para-hydroxylation sites is 1. The van der Waals surface area contributed by atoms with Crippen LogP contribution in [0, 0.1) is 0 Å². The normalized spacial score (nSPS) is 11.6. The number of hydrogen-bond donors (Lipinski definition) is 1. The second kappa shape index (κ2) is 8.49. The molecule has 1 N–H and O–H groups in total. The van der Waals surface area contributed by atoms with Gasteiger partial charge in [-0.05, 0) is 65.0 Å². The van der Waals surface area contributed by atoms with Crippen molar-refractivity contribution in [3.05, 3.63) is 24.3 Å². The van der Waals surface area contributed by atoms with E-state index in [0.717, 1.165) is 25.3 Å². The van der Waals surface area contributed by atoms with Crippen molar-refractivity contribution in [1.82, 2.24) is 5.32 Å². The summed E-state index contributed by atoms with van der Waals surface area (Å²) in [6, 6.07) is 8.24. The predicted octanol–water partition coefficient (Wildman–Crippen LogP) is 4.35. The van der Waals surface area contributed by atoms with E-state index in [-0.39, 0.29) is 5.54 Å². The number of unbranched alkanes of at least 4 members (excludes halogenated alkanes) is 2. The minimum atomic E-state index is 0.230. The summed E-state index contributed by atoms with van der Waals surface area (Å²) in [7, 11) is 0. The molecule has 0 spiro atoms. The number of ether oxygens (including phenoxy) is 1. The highest BCUT2D eigenvalue weighted by Crippen LogP contribution is 2.26. The maximum absolute atomic E-state index is 5.83. The summed E-state index contributed by atoms with van der Waals surface area (Å²) >= 11 is 1.74. The summed E-state index contributed by atoms with van der Waals surface area (Å²) < 4.78 is 5.83. The molecule has 0 saturated heterocycles. The van der Waals surface area contributed by atoms with E-state index >= 15 is 0 Å². The largest absolute Gasteiger partial charge is 0.492 e. The quantitative estimate of drug-likeness (QED) is 0.565. The van der Waals surface area contributed by atoms with Gasteiger partial charge in [-0.1, -0.05) is 12.1 Å². The van der Waals surface area contributed by atoms with Gasteiger partial charge in [0.05, 0.1) is 6.61 Å². The molecule has 0 aliphatic rings. The zero-order valence-corrected chi connectivity index (χ0v) is 13.5. The minimum Gasteiger partial charge on any atom is -0.492 e. The van der Waals surface area contributed by atoms with Crippen LogP contribution in [0.2, 0.25) is 0 Å². The van der Waals surface area contributed by atoms with E-state index in [1.54, 1.807) is 11.8 Å². The van der Waals surface area contributed by atoms with Crippen molar-refractivity contribution >= 4 is 11.8 Å². The molecule has 1 rings (SSSR count). The van der Waals surface area contributed by atoms with Gasteiger partial charge in [-0.25, -0.2) is 0 Å². The molecule has 108 valence electrons. The summed E-state index contributed by atoms with van der Waals surface area (Å²) in [5.74, 6) is 1.02. The van der Waals surface area contributed by atoms with Crippen LogP contribution < -0.4 is 10.1 Å². The Labute approximate surface area is 122 Å². The lowest BCUT2D eigenvalue weighted by Gasteiger charge is -2.20. The third-order valence-electron chi connectivity index (χ3n) is 2.80. The molecule has 19 heavy (non-hydrogen) atoms. The Morgan fingerprint density at radius 1 is 1.11 bits per heavy atom. The van der Waals surface area contributed by atoms with E-state index in [9.17, 15) is 0 Å². The second-order valence-corrected chi connectivity index (χ2v) is 6.58. The zero-order valence-electron chi connectivity index (χ0n) is 12.7. The lowest BCUT2D eigenvalue weighted by molar-refractivity contribution is 0.297. The molecule has 0 heterocycles. The SMILES string of the molecule is CSc1ccccc1OCCCCCNC(C)(C)C. The Balaban J connectivity index is 2.11. The van der Waals surface area contributed by atoms with Gasteiger partial charge in [-0.2, -0.15) is 0 Å². The maximum Gasteiger partial charge on any atom is 0.132 e. The van der Waals surface area contributed by atoms with Crippen LogP contribution in [0.5, 0.6) is 5.75 Å². The van der Waals surface area contributed by atoms with Crippen LogP contribution in [0.25, 0.3) is 0 Å². The fourth-order valence-electron chi connectivity index (χ4n) is 1.79. The summed E-state index contributed by atoms with van der Waals surface area (Å²) in [6.07, 6.45) is 5.63. The van der Waals surface area contributed by atoms with Crippen LogP contribution >= 0.6 is 11.8 Å². The monoisotopic (exact) mass is 281 g/mol. The van der Waals surface area contributed by atoms with E-state index in [0.29, 0.717) is 0 Å². The summed E-state index contributed by atoms with van der Waals surface area (Å²) in [5, 5.41) is 3.50. The van der Waals surface area contributed by atoms with Gasteiger partial charge in [0.25, 0.3) is 0 Å². The molecule has 2 nitrogen and oxygen atoms in total. The highest BCUT2D eigenvalue weighted by atomic mass is 32.2. The van der Waals surface area contributed by atoms with Gasteiger partial charge in [0.1, 0.15) is 5.75 Å². The van der Waals surface area contributed by atoms with Crippen LogP contribution in [0.4, 0.5) is 0 Å². The Bertz CT molecular complexity index is 360. The van der Waals surface area contributed by atoms with Crippen molar-refractivity contribution in [2.75, 3.05) is 19.4 Å². The number of benzene rings is 1. The molecule has 0 radical (unpaired) electrons. The topological polar surface area (TPSA) is 21.3 Å². The average molecular weight is 281 g/mol. The minimum absolute atomic E-state index is 0.230. The van der Waals surface area contributed by atoms with Crippen molar-refractivity contribution in [3.63, 3.8) is 0 Å². The van der Waals surface area contributed by atoms with E-state index in [2.05, 4.69) is 44.5 Å². The lowest BCUT2D eigenvalue weighted by Crippen LogP contribution is -2.36. The first kappa shape index (κ1) is 16.4. The smallest absolute Gasteiger partial charge is 0.132 e. The van der Waals surface area contributed by atoms with Crippen LogP contribution in [0.1, 0.15) is 40.0 Å². The highest BCUT2D eigenvalue weighted by molar-refractivity contribution is 7.98. The molecule has 0 aliphatic heterocycles. The molecule has 0 fully saturated rings. The van der Waals surface area contributed by atoms with Crippen LogP contribution in [-0.4, -0.2) is 24.9 Å². The standard InChI is InChI=1S/C16H27NOS/c1-16(2,3)17-12-8-5-9-13-18-14-10-6-7-11-15(14)19-4/h6-7,10-11,17H,5,8-9,12-13H2,1-4H3. The van der Waals surface area contributed by atoms with Crippen molar-refractivity contribution < 1.29 is 4.74 Å². The van der Waals surface area contributed by atoms with Gasteiger partial charge in [-0.3, -0.25) is 0 Å². The van der Waals surface area contributed by atoms with E-state index in [1.807, 2.05) is 12.1 Å². The Morgan fingerprint density at radius 3 is 2.53 bits per heavy atom. The Kier molecular flexibility index (Phi) is 7.32. The molecule has 3 heteroatoms. The third kappa shape index (κ3) is 7.48. The number of hydrogen-bond acceptors (Lipinski definition) is 3. The molecule has 0 aliphatic carbocycles. The molecule has 0 unspecified atom stereocenters. The van der Waals surface area contributed by atoms with Gasteiger partial charge in [0, 0.05) is 10.4 Å². The molecule has 1 aromatic carbocycles. The van der Waals surface area contributed by atoms with Crippen molar-refractivity contribution in [2.24, 2.45) is 0 Å². The Morgan fingerprint density at radius 2 is 1.84 bits per heavy atom. The fourth-order valence-corrected chi connectivity index (χ4v) is 2.33. The van der Waals surface area contributed by atoms with Crippen LogP contribution in [-0.2, 0) is 0 Å². The summed E-state index contributed by atoms with van der Waals surface area (Å²) in [4.78, 5) is 1.22. The van der Waals surface area contributed by atoms with Crippen LogP contribution in [0.3, 0.4) is 0 Å². The summed E-state index contributed by atoms with van der Waals surface area (Å²) in [6.45, 7) is 8.51. The molecule has 0 bridgehead atoms. The first-order valence-electron chi connectivity index (χ1n) is 7.04. The molecule has 0 amide bonds. The first-order chi connectivity index (χ1) is 9.03. The van der Waals surface area contributed by atoms with Crippen LogP contribution in [0.15, 0.2) is 29.2 Å². The number of thioether (sulfide) groups is 1. The molecule has 1 aromatic rings. The van der Waals surface area contributed by atoms with E-state index in [4.69, 9.17) is 4.74 Å². The zero-order chi connectivity index (χ0) is 14.1. The molecular formula is C16H27NOS. The van der Waals surface area contributed by atoms with Gasteiger partial charge >= 0.3 is 0 Å². The predicted molar refractivity (Wildman–Crippen MR) is 85.3 cm³/mol. The Hall–Kier alpha value is -0.670. The number of rotatable bonds is 8. The second-order valence-electron chi connectivity index (χ2n) is 5.74. The van der Waals surface area contributed by atoms with E-state index < -0.39 is 0 Å². The van der Waals surface area contributed by atoms with Gasteiger partial charge in [0.15, 0.2) is 0 Å². The molecule has 0 atom stereocenters. The van der Waals surface area contributed by atoms with Crippen molar-refractivity contribution in [3.8, 4) is 5.75 Å². The maximum atomic E-state index is 5.83. The van der Waals surface area contributed by atoms with Gasteiger partial charge in [0.2, 0.25) is 0 Å². The van der Waals surface area contributed by atoms with E-state index in [1.165, 1.54) is 17.7 Å². The first-order valence-corrected chi connectivity index (χ1v) is 8.26. The summed E-state index contributed by atoms with van der Waals surface area (Å²) in [5.41, 5.74) is 0.230. The molecule has 0 saturated carbocycles. The molecular weight excluding hydrogens is 254 g/mol. The highest BCUT2D eigenvalue weighted by Gasteiger charge is 2.07. The fraction of sp³-hybridized carbons (Fsp3) is 0.625. The lowest BCUT2D eigenvalue weighted by atomic mass is 10.1. The van der Waals surface area contributed by atoms with Crippen molar-refractivity contribution in [1.29, 1.82) is 0 Å². The van der Waals surface area contributed by atoms with Crippen molar-refractivity contribution in [2.45, 2.75) is 50.5 Å². The average Bonchev–Trinajstić information content (AvgIpc) is 2.37. The molecule has 0 aromatic heterocycles. The van der Waals surface area contributed by atoms with Gasteiger partial charge < -0.3 is 10.1 Å².